The van der Waals surface area contributed by atoms with Gasteiger partial charge in [0.25, 0.3) is 5.91 Å². The first kappa shape index (κ1) is 23.8. The molecule has 3 aromatic rings. The summed E-state index contributed by atoms with van der Waals surface area (Å²) in [6, 6.07) is 19.1. The number of thiocarbonyl (C=S) groups is 1. The minimum absolute atomic E-state index is 0.000346. The average Bonchev–Trinajstić information content (AvgIpc) is 3.34. The summed E-state index contributed by atoms with van der Waals surface area (Å²) in [5, 5.41) is 8.99. The van der Waals surface area contributed by atoms with Crippen LogP contribution in [0.4, 0.5) is 0 Å². The Morgan fingerprint density at radius 2 is 1.91 bits per heavy atom. The van der Waals surface area contributed by atoms with Crippen molar-refractivity contribution >= 4 is 46.3 Å². The molecule has 1 aliphatic heterocycles. The fourth-order valence-corrected chi connectivity index (χ4v) is 4.62. The first-order chi connectivity index (χ1) is 16.1. The number of nitrogens with zero attached hydrogens (tertiary/aromatic N) is 1. The molecule has 0 atom stereocenters. The lowest BCUT2D eigenvalue weighted by Crippen LogP contribution is -2.33. The smallest absolute Gasteiger partial charge is 0.323 e. The summed E-state index contributed by atoms with van der Waals surface area (Å²) in [5.74, 6) is 0.835. The zero-order valence-corrected chi connectivity index (χ0v) is 20.5. The molecule has 1 saturated heterocycles. The molecule has 1 N–H and O–H groups in total. The molecule has 0 radical (unpaired) electrons. The van der Waals surface area contributed by atoms with Crippen molar-refractivity contribution in [1.82, 2.24) is 4.90 Å². The molecule has 174 valence electrons. The van der Waals surface area contributed by atoms with Gasteiger partial charge in [-0.1, -0.05) is 69.0 Å². The van der Waals surface area contributed by atoms with Gasteiger partial charge in [-0.2, -0.15) is 0 Å². The Hall–Kier alpha value is -3.36. The lowest BCUT2D eigenvalue weighted by molar-refractivity contribution is -0.140. The maximum Gasteiger partial charge on any atom is 0.323 e. The van der Waals surface area contributed by atoms with Crippen LogP contribution < -0.4 is 4.74 Å². The third kappa shape index (κ3) is 5.24. The largest absolute Gasteiger partial charge is 0.480 e. The monoisotopic (exact) mass is 493 g/mol. The highest BCUT2D eigenvalue weighted by molar-refractivity contribution is 8.26. The molecule has 1 fully saturated rings. The van der Waals surface area contributed by atoms with Gasteiger partial charge in [0.2, 0.25) is 0 Å². The molecular weight excluding hydrogens is 470 g/mol. The topological polar surface area (TPSA) is 80.0 Å². The van der Waals surface area contributed by atoms with Gasteiger partial charge in [-0.15, -0.1) is 0 Å². The van der Waals surface area contributed by atoms with E-state index < -0.39 is 18.4 Å². The number of carboxylic acids is 1. The summed E-state index contributed by atoms with van der Waals surface area (Å²) in [6.45, 7) is 5.99. The van der Waals surface area contributed by atoms with Gasteiger partial charge in [0.05, 0.1) is 10.5 Å². The maximum absolute atomic E-state index is 12.5. The molecule has 1 aromatic heterocycles. The Kier molecular flexibility index (Phi) is 6.63. The molecule has 8 heteroatoms. The summed E-state index contributed by atoms with van der Waals surface area (Å²) >= 11 is 6.19. The van der Waals surface area contributed by atoms with Gasteiger partial charge < -0.3 is 14.3 Å². The van der Waals surface area contributed by atoms with Crippen LogP contribution in [0.15, 0.2) is 70.0 Å². The fourth-order valence-electron chi connectivity index (χ4n) is 3.39. The number of rotatable bonds is 6. The number of hydrogen-bond donors (Lipinski definition) is 1. The van der Waals surface area contributed by atoms with Gasteiger partial charge in [-0.25, -0.2) is 0 Å². The highest BCUT2D eigenvalue weighted by Crippen LogP contribution is 2.37. The number of ether oxygens (including phenoxy) is 1. The summed E-state index contributed by atoms with van der Waals surface area (Å²) in [6.07, 6.45) is 1.57. The molecule has 2 aromatic carbocycles. The second-order valence-electron chi connectivity index (χ2n) is 8.74. The number of benzene rings is 2. The van der Waals surface area contributed by atoms with E-state index in [-0.39, 0.29) is 9.74 Å². The average molecular weight is 494 g/mol. The minimum atomic E-state index is -1.12. The van der Waals surface area contributed by atoms with E-state index in [2.05, 4.69) is 26.8 Å². The van der Waals surface area contributed by atoms with E-state index in [1.807, 2.05) is 42.5 Å². The van der Waals surface area contributed by atoms with Crippen molar-refractivity contribution in [3.05, 3.63) is 76.9 Å². The molecule has 0 spiro atoms. The van der Waals surface area contributed by atoms with Crippen LogP contribution in [-0.2, 0) is 15.0 Å². The number of aliphatic carboxylic acids is 1. The van der Waals surface area contributed by atoms with E-state index >= 15 is 0 Å². The molecule has 0 unspecified atom stereocenters. The minimum Gasteiger partial charge on any atom is -0.480 e. The van der Waals surface area contributed by atoms with E-state index in [9.17, 15) is 9.59 Å². The van der Waals surface area contributed by atoms with Gasteiger partial charge >= 0.3 is 5.97 Å². The van der Waals surface area contributed by atoms with E-state index in [0.29, 0.717) is 22.2 Å². The lowest BCUT2D eigenvalue weighted by atomic mass is 9.87. The van der Waals surface area contributed by atoms with Crippen molar-refractivity contribution in [1.29, 1.82) is 0 Å². The van der Waals surface area contributed by atoms with Crippen LogP contribution in [0.5, 0.6) is 11.5 Å². The number of para-hydroxylation sites is 1. The molecule has 6 nitrogen and oxygen atoms in total. The first-order valence-corrected chi connectivity index (χ1v) is 11.8. The summed E-state index contributed by atoms with van der Waals surface area (Å²) in [4.78, 5) is 24.9. The molecular formula is C26H23NO5S2. The van der Waals surface area contributed by atoms with Gasteiger partial charge in [-0.05, 0) is 47.4 Å². The van der Waals surface area contributed by atoms with Crippen LogP contribution in [0.1, 0.15) is 32.1 Å². The van der Waals surface area contributed by atoms with Crippen LogP contribution in [0.2, 0.25) is 0 Å². The lowest BCUT2D eigenvalue weighted by Gasteiger charge is -2.20. The Morgan fingerprint density at radius 3 is 2.65 bits per heavy atom. The molecule has 0 saturated carbocycles. The third-order valence-corrected chi connectivity index (χ3v) is 6.53. The first-order valence-electron chi connectivity index (χ1n) is 10.6. The van der Waals surface area contributed by atoms with Crippen molar-refractivity contribution in [3.63, 3.8) is 0 Å². The van der Waals surface area contributed by atoms with Crippen molar-refractivity contribution in [2.45, 2.75) is 26.2 Å². The van der Waals surface area contributed by atoms with Gasteiger partial charge in [0.15, 0.2) is 0 Å². The Balaban J connectivity index is 1.59. The molecule has 1 aliphatic rings. The van der Waals surface area contributed by atoms with Crippen molar-refractivity contribution in [2.24, 2.45) is 0 Å². The van der Waals surface area contributed by atoms with Crippen molar-refractivity contribution in [3.8, 4) is 22.8 Å². The Morgan fingerprint density at radius 1 is 1.15 bits per heavy atom. The molecule has 1 amide bonds. The van der Waals surface area contributed by atoms with Crippen molar-refractivity contribution < 1.29 is 23.8 Å². The second kappa shape index (κ2) is 9.48. The van der Waals surface area contributed by atoms with E-state index in [0.717, 1.165) is 28.0 Å². The SMILES string of the molecule is CC(C)(C)c1cccc(Oc2ccccc2-c2ccc(C=C3SC(=S)N(CC(=O)O)C3=O)o2)c1. The standard InChI is InChI=1S/C26H23NO5S2/c1-26(2,3)16-7-6-8-17(13-16)31-20-10-5-4-9-19(20)21-12-11-18(32-21)14-22-24(30)27(15-23(28)29)25(33)34-22/h4-14H,15H2,1-3H3,(H,28,29). The molecule has 34 heavy (non-hydrogen) atoms. The summed E-state index contributed by atoms with van der Waals surface area (Å²) < 4.78 is 12.4. The molecule has 4 rings (SSSR count). The number of thioether (sulfide) groups is 1. The van der Waals surface area contributed by atoms with E-state index in [1.54, 1.807) is 18.2 Å². The zero-order chi connectivity index (χ0) is 24.5. The quantitative estimate of drug-likeness (QED) is 0.318. The zero-order valence-electron chi connectivity index (χ0n) is 18.9. The van der Waals surface area contributed by atoms with Gasteiger partial charge in [0.1, 0.15) is 33.9 Å². The number of carbonyl (C=O) groups excluding carboxylic acids is 1. The predicted molar refractivity (Wildman–Crippen MR) is 137 cm³/mol. The van der Waals surface area contributed by atoms with Gasteiger partial charge in [-0.3, -0.25) is 14.5 Å². The summed E-state index contributed by atoms with van der Waals surface area (Å²) in [5.41, 5.74) is 1.94. The predicted octanol–water partition coefficient (Wildman–Crippen LogP) is 6.32. The number of hydrogen-bond acceptors (Lipinski definition) is 6. The third-order valence-electron chi connectivity index (χ3n) is 5.15. The Labute approximate surface area is 207 Å². The van der Waals surface area contributed by atoms with Crippen molar-refractivity contribution in [2.75, 3.05) is 6.54 Å². The molecule has 2 heterocycles. The number of carboxylic acid groups (broad SMARTS) is 1. The summed E-state index contributed by atoms with van der Waals surface area (Å²) in [7, 11) is 0. The Bertz CT molecular complexity index is 1300. The fraction of sp³-hybridized carbons (Fsp3) is 0.192. The van der Waals surface area contributed by atoms with E-state index in [4.69, 9.17) is 26.5 Å². The number of furan rings is 1. The van der Waals surface area contributed by atoms with Crippen LogP contribution >= 0.6 is 24.0 Å². The van der Waals surface area contributed by atoms with Gasteiger partial charge in [0, 0.05) is 6.08 Å². The van der Waals surface area contributed by atoms with Crippen LogP contribution in [-0.4, -0.2) is 32.7 Å². The van der Waals surface area contributed by atoms with Crippen LogP contribution in [0.25, 0.3) is 17.4 Å². The number of amides is 1. The highest BCUT2D eigenvalue weighted by Gasteiger charge is 2.33. The highest BCUT2D eigenvalue weighted by atomic mass is 32.2. The second-order valence-corrected chi connectivity index (χ2v) is 10.4. The van der Waals surface area contributed by atoms with E-state index in [1.165, 1.54) is 5.56 Å². The maximum atomic E-state index is 12.5. The van der Waals surface area contributed by atoms with Crippen LogP contribution in [0.3, 0.4) is 0 Å². The number of carbonyl (C=O) groups is 2. The van der Waals surface area contributed by atoms with Crippen LogP contribution in [0, 0.1) is 0 Å². The molecule has 0 aliphatic carbocycles. The normalized spacial score (nSPS) is 15.3. The molecule has 0 bridgehead atoms.